The maximum Gasteiger partial charge on any atom is 0.124 e. The van der Waals surface area contributed by atoms with E-state index in [2.05, 4.69) is 28.5 Å². The van der Waals surface area contributed by atoms with Crippen LogP contribution < -0.4 is 4.74 Å². The smallest absolute Gasteiger partial charge is 0.124 e. The van der Waals surface area contributed by atoms with Gasteiger partial charge in [0.15, 0.2) is 0 Å². The Balaban J connectivity index is 1.61. The van der Waals surface area contributed by atoms with E-state index >= 15 is 0 Å². The van der Waals surface area contributed by atoms with Crippen molar-refractivity contribution in [3.8, 4) is 5.75 Å². The van der Waals surface area contributed by atoms with Gasteiger partial charge in [0, 0.05) is 0 Å². The van der Waals surface area contributed by atoms with Gasteiger partial charge in [0.05, 0.1) is 19.3 Å². The summed E-state index contributed by atoms with van der Waals surface area (Å²) >= 11 is 0. The largest absolute Gasteiger partial charge is 0.497 e. The minimum Gasteiger partial charge on any atom is -0.497 e. The number of nitrogens with zero attached hydrogens (tertiary/aromatic N) is 3. The lowest BCUT2D eigenvalue weighted by Gasteiger charge is -2.24. The molecule has 0 bridgehead atoms. The Hall–Kier alpha value is -2.92. The molecule has 5 heteroatoms. The molecule has 0 radical (unpaired) electrons. The van der Waals surface area contributed by atoms with Crippen molar-refractivity contribution in [3.63, 3.8) is 0 Å². The van der Waals surface area contributed by atoms with Crippen molar-refractivity contribution in [1.82, 2.24) is 15.0 Å². The molecule has 5 nitrogen and oxygen atoms in total. The van der Waals surface area contributed by atoms with E-state index in [0.29, 0.717) is 5.69 Å². The summed E-state index contributed by atoms with van der Waals surface area (Å²) in [4.78, 5) is 0. The van der Waals surface area contributed by atoms with Gasteiger partial charge in [0.25, 0.3) is 0 Å². The van der Waals surface area contributed by atoms with Crippen LogP contribution in [0, 0.1) is 0 Å². The van der Waals surface area contributed by atoms with Gasteiger partial charge in [0.2, 0.25) is 0 Å². The second kappa shape index (κ2) is 7.76. The number of aliphatic hydroxyl groups is 1. The molecule has 0 fully saturated rings. The standard InChI is InChI=1S/C22H23N3O2/c1-27-18-13-11-16(12-14-18)19-9-5-6-10-21(19)25-15-20(23-24-25)22(26)17-7-3-2-4-8-17/h2-4,7-9,11-15,21-22,26H,5-6,10H2,1H3/t21-,22-/m0/s1. The fourth-order valence-electron chi connectivity index (χ4n) is 3.60. The summed E-state index contributed by atoms with van der Waals surface area (Å²) in [5, 5.41) is 19.2. The quantitative estimate of drug-likeness (QED) is 0.741. The van der Waals surface area contributed by atoms with Crippen molar-refractivity contribution in [1.29, 1.82) is 0 Å². The molecule has 0 aliphatic heterocycles. The predicted molar refractivity (Wildman–Crippen MR) is 104 cm³/mol. The van der Waals surface area contributed by atoms with Crippen LogP contribution in [-0.2, 0) is 0 Å². The molecule has 0 amide bonds. The monoisotopic (exact) mass is 361 g/mol. The maximum absolute atomic E-state index is 10.6. The lowest BCUT2D eigenvalue weighted by atomic mass is 9.89. The van der Waals surface area contributed by atoms with Crippen LogP contribution in [0.25, 0.3) is 5.57 Å². The van der Waals surface area contributed by atoms with Crippen LogP contribution in [0.2, 0.25) is 0 Å². The molecule has 2 aromatic carbocycles. The van der Waals surface area contributed by atoms with E-state index in [0.717, 1.165) is 30.6 Å². The molecule has 0 saturated carbocycles. The fraction of sp³-hybridized carbons (Fsp3) is 0.273. The molecule has 0 unspecified atom stereocenters. The third-order valence-corrected chi connectivity index (χ3v) is 5.07. The highest BCUT2D eigenvalue weighted by molar-refractivity contribution is 5.69. The highest BCUT2D eigenvalue weighted by Crippen LogP contribution is 2.36. The SMILES string of the molecule is COc1ccc(C2=CCCC[C@@H]2n2cc([C@@H](O)c3ccccc3)nn2)cc1. The van der Waals surface area contributed by atoms with Gasteiger partial charge in [-0.15, -0.1) is 5.10 Å². The Morgan fingerprint density at radius 2 is 1.89 bits per heavy atom. The van der Waals surface area contributed by atoms with E-state index in [9.17, 15) is 5.11 Å². The van der Waals surface area contributed by atoms with E-state index < -0.39 is 6.10 Å². The molecule has 4 rings (SSSR count). The van der Waals surface area contributed by atoms with Crippen LogP contribution in [0.3, 0.4) is 0 Å². The molecule has 138 valence electrons. The van der Waals surface area contributed by atoms with Gasteiger partial charge in [-0.1, -0.05) is 53.8 Å². The zero-order chi connectivity index (χ0) is 18.6. The van der Waals surface area contributed by atoms with Crippen LogP contribution >= 0.6 is 0 Å². The van der Waals surface area contributed by atoms with E-state index in [4.69, 9.17) is 4.74 Å². The van der Waals surface area contributed by atoms with E-state index in [1.807, 2.05) is 53.3 Å². The summed E-state index contributed by atoms with van der Waals surface area (Å²) in [5.74, 6) is 0.848. The Morgan fingerprint density at radius 3 is 2.63 bits per heavy atom. The molecule has 1 aliphatic rings. The first-order chi connectivity index (χ1) is 13.3. The first-order valence-corrected chi connectivity index (χ1v) is 9.25. The van der Waals surface area contributed by atoms with Gasteiger partial charge in [0.1, 0.15) is 17.5 Å². The second-order valence-corrected chi connectivity index (χ2v) is 6.77. The number of hydrogen-bond acceptors (Lipinski definition) is 4. The van der Waals surface area contributed by atoms with E-state index in [1.165, 1.54) is 11.1 Å². The Morgan fingerprint density at radius 1 is 1.11 bits per heavy atom. The number of allylic oxidation sites excluding steroid dienone is 2. The highest BCUT2D eigenvalue weighted by atomic mass is 16.5. The fourth-order valence-corrected chi connectivity index (χ4v) is 3.60. The summed E-state index contributed by atoms with van der Waals surface area (Å²) in [7, 11) is 1.67. The highest BCUT2D eigenvalue weighted by Gasteiger charge is 2.24. The lowest BCUT2D eigenvalue weighted by molar-refractivity contribution is 0.215. The molecule has 27 heavy (non-hydrogen) atoms. The topological polar surface area (TPSA) is 60.2 Å². The first kappa shape index (κ1) is 17.5. The molecule has 3 aromatic rings. The van der Waals surface area contributed by atoms with Gasteiger partial charge in [-0.05, 0) is 48.1 Å². The molecule has 1 aliphatic carbocycles. The minimum absolute atomic E-state index is 0.122. The van der Waals surface area contributed by atoms with Crippen molar-refractivity contribution in [2.75, 3.05) is 7.11 Å². The van der Waals surface area contributed by atoms with Crippen molar-refractivity contribution in [2.45, 2.75) is 31.4 Å². The van der Waals surface area contributed by atoms with Crippen molar-refractivity contribution in [3.05, 3.63) is 83.7 Å². The molecular weight excluding hydrogens is 338 g/mol. The lowest BCUT2D eigenvalue weighted by Crippen LogP contribution is -2.15. The number of ether oxygens (including phenoxy) is 1. The molecule has 1 aromatic heterocycles. The average Bonchev–Trinajstić information content (AvgIpc) is 3.24. The normalized spacial score (nSPS) is 18.0. The van der Waals surface area contributed by atoms with Gasteiger partial charge < -0.3 is 9.84 Å². The number of rotatable bonds is 5. The Kier molecular flexibility index (Phi) is 5.03. The Labute approximate surface area is 158 Å². The number of benzene rings is 2. The zero-order valence-corrected chi connectivity index (χ0v) is 15.3. The van der Waals surface area contributed by atoms with Gasteiger partial charge in [-0.25, -0.2) is 4.68 Å². The predicted octanol–water partition coefficient (Wildman–Crippen LogP) is 4.18. The molecule has 0 saturated heterocycles. The summed E-state index contributed by atoms with van der Waals surface area (Å²) in [6, 6.07) is 17.8. The summed E-state index contributed by atoms with van der Waals surface area (Å²) < 4.78 is 7.15. The van der Waals surface area contributed by atoms with Crippen LogP contribution in [-0.4, -0.2) is 27.2 Å². The summed E-state index contributed by atoms with van der Waals surface area (Å²) in [6.45, 7) is 0. The third-order valence-electron chi connectivity index (χ3n) is 5.07. The number of hydrogen-bond donors (Lipinski definition) is 1. The van der Waals surface area contributed by atoms with Crippen LogP contribution in [0.1, 0.15) is 48.2 Å². The molecule has 0 spiro atoms. The first-order valence-electron chi connectivity index (χ1n) is 9.25. The van der Waals surface area contributed by atoms with Crippen molar-refractivity contribution >= 4 is 5.57 Å². The van der Waals surface area contributed by atoms with Crippen molar-refractivity contribution < 1.29 is 9.84 Å². The maximum atomic E-state index is 10.6. The number of aromatic nitrogens is 3. The zero-order valence-electron chi connectivity index (χ0n) is 15.3. The van der Waals surface area contributed by atoms with E-state index in [1.54, 1.807) is 7.11 Å². The summed E-state index contributed by atoms with van der Waals surface area (Å²) in [5.41, 5.74) is 3.80. The molecular formula is C22H23N3O2. The van der Waals surface area contributed by atoms with Crippen LogP contribution in [0.4, 0.5) is 0 Å². The van der Waals surface area contributed by atoms with Gasteiger partial charge in [-0.2, -0.15) is 0 Å². The summed E-state index contributed by atoms with van der Waals surface area (Å²) in [6.07, 6.45) is 6.56. The molecule has 1 N–H and O–H groups in total. The number of aliphatic hydroxyl groups excluding tert-OH is 1. The van der Waals surface area contributed by atoms with Crippen LogP contribution in [0.5, 0.6) is 5.75 Å². The van der Waals surface area contributed by atoms with E-state index in [-0.39, 0.29) is 6.04 Å². The molecule has 2 atom stereocenters. The molecule has 1 heterocycles. The third kappa shape index (κ3) is 3.64. The minimum atomic E-state index is -0.767. The Bertz CT molecular complexity index is 916. The number of methoxy groups -OCH3 is 1. The average molecular weight is 361 g/mol. The van der Waals surface area contributed by atoms with Crippen LogP contribution in [0.15, 0.2) is 66.9 Å². The second-order valence-electron chi connectivity index (χ2n) is 6.77. The van der Waals surface area contributed by atoms with Crippen molar-refractivity contribution in [2.24, 2.45) is 0 Å². The van der Waals surface area contributed by atoms with Gasteiger partial charge >= 0.3 is 0 Å². The van der Waals surface area contributed by atoms with Gasteiger partial charge in [-0.3, -0.25) is 0 Å².